The van der Waals surface area contributed by atoms with Crippen molar-refractivity contribution in [2.24, 2.45) is 5.92 Å². The highest BCUT2D eigenvalue weighted by Crippen LogP contribution is 2.22. The van der Waals surface area contributed by atoms with Gasteiger partial charge < -0.3 is 10.4 Å². The minimum absolute atomic E-state index is 0.0183. The summed E-state index contributed by atoms with van der Waals surface area (Å²) in [6.07, 6.45) is 0.820. The fraction of sp³-hybridized carbons (Fsp3) is 0.455. The molecule has 1 rings (SSSR count). The summed E-state index contributed by atoms with van der Waals surface area (Å²) in [5.74, 6) is -1.01. The second-order valence-corrected chi connectivity index (χ2v) is 5.45. The van der Waals surface area contributed by atoms with Crippen LogP contribution in [-0.2, 0) is 4.79 Å². The molecule has 1 aromatic rings. The summed E-state index contributed by atoms with van der Waals surface area (Å²) < 4.78 is 0.770. The third-order valence-electron chi connectivity index (χ3n) is 2.42. The molecule has 1 heterocycles. The van der Waals surface area contributed by atoms with E-state index in [0.29, 0.717) is 11.4 Å². The zero-order chi connectivity index (χ0) is 12.8. The summed E-state index contributed by atoms with van der Waals surface area (Å²) in [4.78, 5) is 23.0. The lowest BCUT2D eigenvalue weighted by Gasteiger charge is -2.12. The predicted octanol–water partition coefficient (Wildman–Crippen LogP) is 2.74. The number of amides is 1. The van der Waals surface area contributed by atoms with Gasteiger partial charge in [0, 0.05) is 17.4 Å². The van der Waals surface area contributed by atoms with Gasteiger partial charge in [-0.05, 0) is 33.3 Å². The molecule has 0 aromatic carbocycles. The van der Waals surface area contributed by atoms with E-state index < -0.39 is 5.97 Å². The quantitative estimate of drug-likeness (QED) is 0.847. The summed E-state index contributed by atoms with van der Waals surface area (Å²) in [5, 5.41) is 13.3. The molecule has 0 saturated heterocycles. The van der Waals surface area contributed by atoms with E-state index in [2.05, 4.69) is 21.2 Å². The van der Waals surface area contributed by atoms with E-state index in [4.69, 9.17) is 5.11 Å². The molecule has 1 unspecified atom stereocenters. The largest absolute Gasteiger partial charge is 0.481 e. The number of rotatable bonds is 6. The number of hydrogen-bond donors (Lipinski definition) is 2. The van der Waals surface area contributed by atoms with E-state index in [1.807, 2.05) is 18.4 Å². The molecule has 17 heavy (non-hydrogen) atoms. The molecule has 1 atom stereocenters. The monoisotopic (exact) mass is 319 g/mol. The Kier molecular flexibility index (Phi) is 5.64. The van der Waals surface area contributed by atoms with Gasteiger partial charge in [0.25, 0.3) is 5.91 Å². The SMILES string of the molecule is CCC(CNC(=O)c1sccc1Br)CC(=O)O. The molecule has 6 heteroatoms. The lowest BCUT2D eigenvalue weighted by molar-refractivity contribution is -0.138. The molecule has 1 aromatic heterocycles. The van der Waals surface area contributed by atoms with Gasteiger partial charge in [-0.3, -0.25) is 9.59 Å². The van der Waals surface area contributed by atoms with E-state index in [9.17, 15) is 9.59 Å². The van der Waals surface area contributed by atoms with Crippen molar-refractivity contribution in [2.75, 3.05) is 6.54 Å². The van der Waals surface area contributed by atoms with Gasteiger partial charge in [0.1, 0.15) is 4.88 Å². The summed E-state index contributed by atoms with van der Waals surface area (Å²) in [6, 6.07) is 1.81. The molecular weight excluding hydrogens is 306 g/mol. The number of carboxylic acid groups (broad SMARTS) is 1. The summed E-state index contributed by atoms with van der Waals surface area (Å²) >= 11 is 4.64. The van der Waals surface area contributed by atoms with Crippen LogP contribution in [0.25, 0.3) is 0 Å². The molecule has 0 aliphatic carbocycles. The fourth-order valence-electron chi connectivity index (χ4n) is 1.38. The predicted molar refractivity (Wildman–Crippen MR) is 70.4 cm³/mol. The van der Waals surface area contributed by atoms with Crippen molar-refractivity contribution < 1.29 is 14.7 Å². The standard InChI is InChI=1S/C11H14BrNO3S/c1-2-7(5-9(14)15)6-13-11(16)10-8(12)3-4-17-10/h3-4,7H,2,5-6H2,1H3,(H,13,16)(H,14,15). The van der Waals surface area contributed by atoms with Crippen molar-refractivity contribution in [3.8, 4) is 0 Å². The van der Waals surface area contributed by atoms with Gasteiger partial charge >= 0.3 is 5.97 Å². The van der Waals surface area contributed by atoms with Gasteiger partial charge in [0.2, 0.25) is 0 Å². The van der Waals surface area contributed by atoms with E-state index in [-0.39, 0.29) is 18.2 Å². The van der Waals surface area contributed by atoms with Crippen LogP contribution in [0.1, 0.15) is 29.4 Å². The Labute approximate surface area is 112 Å². The Hall–Kier alpha value is -0.880. The summed E-state index contributed by atoms with van der Waals surface area (Å²) in [5.41, 5.74) is 0. The first-order valence-electron chi connectivity index (χ1n) is 5.27. The molecule has 0 bridgehead atoms. The van der Waals surface area contributed by atoms with E-state index in [1.54, 1.807) is 0 Å². The van der Waals surface area contributed by atoms with Gasteiger partial charge in [0.05, 0.1) is 0 Å². The molecule has 0 fully saturated rings. The number of nitrogens with one attached hydrogen (secondary N) is 1. The first-order chi connectivity index (χ1) is 8.04. The molecule has 0 saturated carbocycles. The first-order valence-corrected chi connectivity index (χ1v) is 6.94. The van der Waals surface area contributed by atoms with E-state index in [0.717, 1.165) is 10.9 Å². The number of halogens is 1. The van der Waals surface area contributed by atoms with Crippen LogP contribution in [0.5, 0.6) is 0 Å². The number of aliphatic carboxylic acids is 1. The van der Waals surface area contributed by atoms with Crippen LogP contribution in [0, 0.1) is 5.92 Å². The molecule has 0 radical (unpaired) electrons. The molecule has 0 spiro atoms. The second kappa shape index (κ2) is 6.76. The smallest absolute Gasteiger partial charge is 0.303 e. The summed E-state index contributed by atoms with van der Waals surface area (Å²) in [6.45, 7) is 2.31. The number of hydrogen-bond acceptors (Lipinski definition) is 3. The zero-order valence-electron chi connectivity index (χ0n) is 9.40. The minimum atomic E-state index is -0.830. The van der Waals surface area contributed by atoms with Gasteiger partial charge in [0.15, 0.2) is 0 Å². The third-order valence-corrected chi connectivity index (χ3v) is 4.25. The van der Waals surface area contributed by atoms with Crippen molar-refractivity contribution in [2.45, 2.75) is 19.8 Å². The van der Waals surface area contributed by atoms with Gasteiger partial charge in [-0.2, -0.15) is 0 Å². The highest BCUT2D eigenvalue weighted by molar-refractivity contribution is 9.10. The molecule has 1 amide bonds. The highest BCUT2D eigenvalue weighted by atomic mass is 79.9. The fourth-order valence-corrected chi connectivity index (χ4v) is 2.85. The van der Waals surface area contributed by atoms with Crippen molar-refractivity contribution >= 4 is 39.1 Å². The second-order valence-electron chi connectivity index (χ2n) is 3.68. The Balaban J connectivity index is 2.47. The molecule has 0 aliphatic heterocycles. The van der Waals surface area contributed by atoms with Crippen LogP contribution >= 0.6 is 27.3 Å². The van der Waals surface area contributed by atoms with Crippen LogP contribution in [0.4, 0.5) is 0 Å². The van der Waals surface area contributed by atoms with Crippen molar-refractivity contribution in [1.29, 1.82) is 0 Å². The lowest BCUT2D eigenvalue weighted by atomic mass is 10.0. The maximum absolute atomic E-state index is 11.8. The average molecular weight is 320 g/mol. The minimum Gasteiger partial charge on any atom is -0.481 e. The van der Waals surface area contributed by atoms with Crippen molar-refractivity contribution in [3.63, 3.8) is 0 Å². The van der Waals surface area contributed by atoms with Crippen LogP contribution in [-0.4, -0.2) is 23.5 Å². The number of thiophene rings is 1. The highest BCUT2D eigenvalue weighted by Gasteiger charge is 2.15. The van der Waals surface area contributed by atoms with Crippen LogP contribution in [0.2, 0.25) is 0 Å². The summed E-state index contributed by atoms with van der Waals surface area (Å²) in [7, 11) is 0. The molecular formula is C11H14BrNO3S. The molecule has 0 aliphatic rings. The molecule has 2 N–H and O–H groups in total. The van der Waals surface area contributed by atoms with Crippen molar-refractivity contribution in [3.05, 3.63) is 20.8 Å². The average Bonchev–Trinajstić information content (AvgIpc) is 2.69. The number of carbonyl (C=O) groups excluding carboxylic acids is 1. The maximum Gasteiger partial charge on any atom is 0.303 e. The van der Waals surface area contributed by atoms with Gasteiger partial charge in [-0.15, -0.1) is 11.3 Å². The van der Waals surface area contributed by atoms with Gasteiger partial charge in [-0.1, -0.05) is 13.3 Å². The Morgan fingerprint density at radius 3 is 2.76 bits per heavy atom. The molecule has 94 valence electrons. The number of carbonyl (C=O) groups is 2. The van der Waals surface area contributed by atoms with Crippen LogP contribution in [0.3, 0.4) is 0 Å². The Bertz CT molecular complexity index is 405. The normalized spacial score (nSPS) is 12.1. The van der Waals surface area contributed by atoms with Crippen LogP contribution < -0.4 is 5.32 Å². The zero-order valence-corrected chi connectivity index (χ0v) is 11.8. The maximum atomic E-state index is 11.8. The lowest BCUT2D eigenvalue weighted by Crippen LogP contribution is -2.29. The molecule has 4 nitrogen and oxygen atoms in total. The van der Waals surface area contributed by atoms with Crippen molar-refractivity contribution in [1.82, 2.24) is 5.32 Å². The van der Waals surface area contributed by atoms with Crippen LogP contribution in [0.15, 0.2) is 15.9 Å². The Morgan fingerprint density at radius 2 is 2.29 bits per heavy atom. The van der Waals surface area contributed by atoms with Gasteiger partial charge in [-0.25, -0.2) is 0 Å². The number of carboxylic acids is 1. The van der Waals surface area contributed by atoms with E-state index in [1.165, 1.54) is 11.3 Å². The van der Waals surface area contributed by atoms with E-state index >= 15 is 0 Å². The Morgan fingerprint density at radius 1 is 1.59 bits per heavy atom. The topological polar surface area (TPSA) is 66.4 Å². The third kappa shape index (κ3) is 4.47. The first kappa shape index (κ1) is 14.2.